The number of aryl methyl sites for hydroxylation is 2. The van der Waals surface area contributed by atoms with E-state index in [1.54, 1.807) is 0 Å². The standard InChI is InChI=1S/C15H21N3/c1-14-6-2-3-7-15(14)12-16-8-4-5-10-18-11-9-17-13-18/h2-3,6-7,9,11,13,16H,4-5,8,10,12H2,1H3. The van der Waals surface area contributed by atoms with Crippen LogP contribution in [-0.4, -0.2) is 16.1 Å². The lowest BCUT2D eigenvalue weighted by Crippen LogP contribution is -2.15. The van der Waals surface area contributed by atoms with Gasteiger partial charge in [-0.1, -0.05) is 24.3 Å². The normalized spacial score (nSPS) is 10.7. The van der Waals surface area contributed by atoms with Crippen LogP contribution in [0.5, 0.6) is 0 Å². The van der Waals surface area contributed by atoms with Crippen LogP contribution in [0.2, 0.25) is 0 Å². The van der Waals surface area contributed by atoms with Gasteiger partial charge in [0.05, 0.1) is 6.33 Å². The summed E-state index contributed by atoms with van der Waals surface area (Å²) in [6.07, 6.45) is 8.11. The quantitative estimate of drug-likeness (QED) is 0.758. The second-order valence-electron chi connectivity index (χ2n) is 4.61. The molecular weight excluding hydrogens is 222 g/mol. The highest BCUT2D eigenvalue weighted by molar-refractivity contribution is 5.25. The molecule has 2 aromatic rings. The Hall–Kier alpha value is -1.61. The van der Waals surface area contributed by atoms with E-state index in [1.807, 2.05) is 18.7 Å². The van der Waals surface area contributed by atoms with Gasteiger partial charge in [-0.2, -0.15) is 0 Å². The lowest BCUT2D eigenvalue weighted by molar-refractivity contribution is 0.567. The van der Waals surface area contributed by atoms with E-state index in [0.29, 0.717) is 0 Å². The Morgan fingerprint density at radius 1 is 1.22 bits per heavy atom. The molecule has 0 saturated heterocycles. The minimum atomic E-state index is 0.970. The first-order chi connectivity index (χ1) is 8.86. The largest absolute Gasteiger partial charge is 0.337 e. The van der Waals surface area contributed by atoms with Crippen molar-refractivity contribution >= 4 is 0 Å². The molecule has 96 valence electrons. The van der Waals surface area contributed by atoms with Gasteiger partial charge in [0.15, 0.2) is 0 Å². The Morgan fingerprint density at radius 2 is 2.11 bits per heavy atom. The zero-order valence-electron chi connectivity index (χ0n) is 11.0. The summed E-state index contributed by atoms with van der Waals surface area (Å²) in [5, 5.41) is 3.50. The van der Waals surface area contributed by atoms with E-state index in [2.05, 4.69) is 46.1 Å². The van der Waals surface area contributed by atoms with Crippen molar-refractivity contribution in [3.63, 3.8) is 0 Å². The van der Waals surface area contributed by atoms with E-state index in [4.69, 9.17) is 0 Å². The molecule has 0 aliphatic carbocycles. The summed E-state index contributed by atoms with van der Waals surface area (Å²) in [4.78, 5) is 4.03. The summed E-state index contributed by atoms with van der Waals surface area (Å²) in [6, 6.07) is 8.54. The Bertz CT molecular complexity index is 449. The van der Waals surface area contributed by atoms with Crippen LogP contribution in [0.15, 0.2) is 43.0 Å². The molecule has 0 aliphatic rings. The monoisotopic (exact) mass is 243 g/mol. The summed E-state index contributed by atoms with van der Waals surface area (Å²) in [7, 11) is 0. The summed E-state index contributed by atoms with van der Waals surface area (Å²) < 4.78 is 2.13. The lowest BCUT2D eigenvalue weighted by atomic mass is 10.1. The molecule has 1 aromatic carbocycles. The number of hydrogen-bond donors (Lipinski definition) is 1. The summed E-state index contributed by atoms with van der Waals surface area (Å²) in [5.41, 5.74) is 2.76. The highest BCUT2D eigenvalue weighted by Crippen LogP contribution is 2.06. The van der Waals surface area contributed by atoms with Crippen LogP contribution in [0, 0.1) is 6.92 Å². The van der Waals surface area contributed by atoms with E-state index in [9.17, 15) is 0 Å². The molecule has 0 spiro atoms. The molecule has 0 amide bonds. The first-order valence-electron chi connectivity index (χ1n) is 6.57. The van der Waals surface area contributed by atoms with Crippen LogP contribution in [0.1, 0.15) is 24.0 Å². The van der Waals surface area contributed by atoms with Crippen molar-refractivity contribution in [1.82, 2.24) is 14.9 Å². The summed E-state index contributed by atoms with van der Waals surface area (Å²) >= 11 is 0. The van der Waals surface area contributed by atoms with Crippen LogP contribution in [0.3, 0.4) is 0 Å². The zero-order valence-corrected chi connectivity index (χ0v) is 11.0. The van der Waals surface area contributed by atoms with Crippen LogP contribution in [-0.2, 0) is 13.1 Å². The number of unbranched alkanes of at least 4 members (excludes halogenated alkanes) is 1. The maximum absolute atomic E-state index is 4.03. The molecule has 0 atom stereocenters. The first kappa shape index (κ1) is 12.8. The predicted molar refractivity (Wildman–Crippen MR) is 74.3 cm³/mol. The Kier molecular flexibility index (Phi) is 4.97. The Balaban J connectivity index is 1.58. The molecule has 0 fully saturated rings. The van der Waals surface area contributed by atoms with Gasteiger partial charge in [-0.3, -0.25) is 0 Å². The third-order valence-electron chi connectivity index (χ3n) is 3.16. The minimum absolute atomic E-state index is 0.970. The number of rotatable bonds is 7. The number of hydrogen-bond acceptors (Lipinski definition) is 2. The van der Waals surface area contributed by atoms with E-state index in [0.717, 1.165) is 19.6 Å². The molecule has 1 N–H and O–H groups in total. The number of nitrogens with one attached hydrogen (secondary N) is 1. The van der Waals surface area contributed by atoms with Crippen LogP contribution in [0.25, 0.3) is 0 Å². The van der Waals surface area contributed by atoms with Crippen molar-refractivity contribution < 1.29 is 0 Å². The molecule has 1 aromatic heterocycles. The molecule has 0 radical (unpaired) electrons. The van der Waals surface area contributed by atoms with Gasteiger partial charge < -0.3 is 9.88 Å². The van der Waals surface area contributed by atoms with E-state index in [1.165, 1.54) is 24.0 Å². The Morgan fingerprint density at radius 3 is 2.89 bits per heavy atom. The van der Waals surface area contributed by atoms with Crippen LogP contribution >= 0.6 is 0 Å². The van der Waals surface area contributed by atoms with E-state index < -0.39 is 0 Å². The van der Waals surface area contributed by atoms with Gasteiger partial charge in [0.2, 0.25) is 0 Å². The third kappa shape index (κ3) is 4.00. The topological polar surface area (TPSA) is 29.9 Å². The van der Waals surface area contributed by atoms with Crippen molar-refractivity contribution in [3.8, 4) is 0 Å². The van der Waals surface area contributed by atoms with Gasteiger partial charge in [-0.25, -0.2) is 4.98 Å². The van der Waals surface area contributed by atoms with Gasteiger partial charge in [0, 0.05) is 25.5 Å². The number of imidazole rings is 1. The maximum atomic E-state index is 4.03. The van der Waals surface area contributed by atoms with Crippen LogP contribution < -0.4 is 5.32 Å². The SMILES string of the molecule is Cc1ccccc1CNCCCCn1ccnc1. The fourth-order valence-corrected chi connectivity index (χ4v) is 1.99. The van der Waals surface area contributed by atoms with Crippen molar-refractivity contribution in [2.24, 2.45) is 0 Å². The van der Waals surface area contributed by atoms with Crippen LogP contribution in [0.4, 0.5) is 0 Å². The molecule has 3 heteroatoms. The molecule has 3 nitrogen and oxygen atoms in total. The first-order valence-corrected chi connectivity index (χ1v) is 6.57. The molecule has 0 saturated carbocycles. The summed E-state index contributed by atoms with van der Waals surface area (Å²) in [5.74, 6) is 0. The molecule has 0 aliphatic heterocycles. The van der Waals surface area contributed by atoms with Gasteiger partial charge in [-0.05, 0) is 37.4 Å². The molecule has 0 unspecified atom stereocenters. The molecule has 0 bridgehead atoms. The van der Waals surface area contributed by atoms with Crippen molar-refractivity contribution in [2.75, 3.05) is 6.54 Å². The maximum Gasteiger partial charge on any atom is 0.0945 e. The number of aromatic nitrogens is 2. The van der Waals surface area contributed by atoms with Gasteiger partial charge in [0.25, 0.3) is 0 Å². The van der Waals surface area contributed by atoms with Crippen molar-refractivity contribution in [1.29, 1.82) is 0 Å². The average molecular weight is 243 g/mol. The molecule has 2 rings (SSSR count). The van der Waals surface area contributed by atoms with Gasteiger partial charge in [-0.15, -0.1) is 0 Å². The van der Waals surface area contributed by atoms with Gasteiger partial charge >= 0.3 is 0 Å². The zero-order chi connectivity index (χ0) is 12.6. The smallest absolute Gasteiger partial charge is 0.0945 e. The molecule has 18 heavy (non-hydrogen) atoms. The second kappa shape index (κ2) is 6.97. The fraction of sp³-hybridized carbons (Fsp3) is 0.400. The highest BCUT2D eigenvalue weighted by Gasteiger charge is 1.96. The van der Waals surface area contributed by atoms with Gasteiger partial charge in [0.1, 0.15) is 0 Å². The van der Waals surface area contributed by atoms with E-state index in [-0.39, 0.29) is 0 Å². The second-order valence-corrected chi connectivity index (χ2v) is 4.61. The van der Waals surface area contributed by atoms with Crippen molar-refractivity contribution in [3.05, 3.63) is 54.1 Å². The lowest BCUT2D eigenvalue weighted by Gasteiger charge is -2.07. The molecule has 1 heterocycles. The molecular formula is C15H21N3. The van der Waals surface area contributed by atoms with Crippen molar-refractivity contribution in [2.45, 2.75) is 32.9 Å². The number of benzene rings is 1. The van der Waals surface area contributed by atoms with E-state index >= 15 is 0 Å². The number of nitrogens with zero attached hydrogens (tertiary/aromatic N) is 2. The highest BCUT2D eigenvalue weighted by atomic mass is 15.0. The minimum Gasteiger partial charge on any atom is -0.337 e. The third-order valence-corrected chi connectivity index (χ3v) is 3.16. The fourth-order valence-electron chi connectivity index (χ4n) is 1.99. The summed E-state index contributed by atoms with van der Waals surface area (Å²) in [6.45, 7) is 5.27. The average Bonchev–Trinajstić information content (AvgIpc) is 2.89. The Labute approximate surface area is 109 Å². The predicted octanol–water partition coefficient (Wildman–Crippen LogP) is 2.76.